The summed E-state index contributed by atoms with van der Waals surface area (Å²) in [5, 5.41) is 20.8. The number of alkyl halides is 3. The van der Waals surface area contributed by atoms with E-state index in [-0.39, 0.29) is 17.2 Å². The van der Waals surface area contributed by atoms with Crippen LogP contribution in [0, 0.1) is 0 Å². The molecule has 7 nitrogen and oxygen atoms in total. The Morgan fingerprint density at radius 1 is 1.09 bits per heavy atom. The summed E-state index contributed by atoms with van der Waals surface area (Å²) in [6.07, 6.45) is -2.96. The van der Waals surface area contributed by atoms with E-state index in [0.717, 1.165) is 23.9 Å². The highest BCUT2D eigenvalue weighted by Crippen LogP contribution is 2.31. The first kappa shape index (κ1) is 22.5. The first-order chi connectivity index (χ1) is 15.8. The average Bonchev–Trinajstić information content (AvgIpc) is 3.43. The lowest BCUT2D eigenvalue weighted by Gasteiger charge is -2.11. The SMILES string of the molecule is O=C(CSc1nnc(-c2ccc(O)cc2)n1Cc1ccco1)Nc1cccc(C(F)(F)F)c1. The van der Waals surface area contributed by atoms with Crippen molar-refractivity contribution < 1.29 is 27.5 Å². The number of hydrogen-bond donors (Lipinski definition) is 2. The third-order valence-corrected chi connectivity index (χ3v) is 5.51. The van der Waals surface area contributed by atoms with Crippen LogP contribution in [-0.2, 0) is 17.5 Å². The number of aromatic hydroxyl groups is 1. The van der Waals surface area contributed by atoms with E-state index >= 15 is 0 Å². The van der Waals surface area contributed by atoms with Crippen LogP contribution in [-0.4, -0.2) is 31.5 Å². The first-order valence-corrected chi connectivity index (χ1v) is 10.6. The van der Waals surface area contributed by atoms with E-state index in [1.54, 1.807) is 28.8 Å². The smallest absolute Gasteiger partial charge is 0.416 e. The summed E-state index contributed by atoms with van der Waals surface area (Å²) in [6.45, 7) is 0.299. The Kier molecular flexibility index (Phi) is 6.40. The molecule has 11 heteroatoms. The van der Waals surface area contributed by atoms with Crippen LogP contribution in [0.1, 0.15) is 11.3 Å². The molecule has 0 aliphatic carbocycles. The maximum Gasteiger partial charge on any atom is 0.416 e. The zero-order valence-corrected chi connectivity index (χ0v) is 17.7. The number of amides is 1. The highest BCUT2D eigenvalue weighted by atomic mass is 32.2. The quantitative estimate of drug-likeness (QED) is 0.365. The molecular formula is C22H17F3N4O3S. The predicted molar refractivity (Wildman–Crippen MR) is 116 cm³/mol. The van der Waals surface area contributed by atoms with Gasteiger partial charge in [0, 0.05) is 11.3 Å². The summed E-state index contributed by atoms with van der Waals surface area (Å²) >= 11 is 1.09. The van der Waals surface area contributed by atoms with Crippen molar-refractivity contribution in [2.75, 3.05) is 11.1 Å². The second kappa shape index (κ2) is 9.41. The number of thioether (sulfide) groups is 1. The van der Waals surface area contributed by atoms with Crippen molar-refractivity contribution in [3.8, 4) is 17.1 Å². The molecule has 0 bridgehead atoms. The molecule has 0 saturated heterocycles. The fourth-order valence-corrected chi connectivity index (χ4v) is 3.76. The Bertz CT molecular complexity index is 1240. The molecule has 2 aromatic heterocycles. The molecule has 0 spiro atoms. The summed E-state index contributed by atoms with van der Waals surface area (Å²) in [6, 6.07) is 14.4. The summed E-state index contributed by atoms with van der Waals surface area (Å²) in [5.41, 5.74) is -0.0888. The van der Waals surface area contributed by atoms with Gasteiger partial charge in [0.05, 0.1) is 24.1 Å². The Labute approximate surface area is 190 Å². The number of carbonyl (C=O) groups is 1. The van der Waals surface area contributed by atoms with Gasteiger partial charge in [0.1, 0.15) is 11.5 Å². The lowest BCUT2D eigenvalue weighted by atomic mass is 10.2. The van der Waals surface area contributed by atoms with Crippen LogP contribution < -0.4 is 5.32 Å². The molecule has 0 saturated carbocycles. The molecule has 0 atom stereocenters. The predicted octanol–water partition coefficient (Wildman–Crippen LogP) is 5.04. The number of aromatic nitrogens is 3. The van der Waals surface area contributed by atoms with E-state index in [9.17, 15) is 23.1 Å². The van der Waals surface area contributed by atoms with Gasteiger partial charge in [-0.2, -0.15) is 13.2 Å². The molecule has 4 aromatic rings. The van der Waals surface area contributed by atoms with Crippen LogP contribution in [0.15, 0.2) is 76.5 Å². The molecule has 0 aliphatic rings. The Morgan fingerprint density at radius 2 is 1.88 bits per heavy atom. The zero-order valence-electron chi connectivity index (χ0n) is 16.9. The van der Waals surface area contributed by atoms with Crippen molar-refractivity contribution in [2.24, 2.45) is 0 Å². The summed E-state index contributed by atoms with van der Waals surface area (Å²) in [4.78, 5) is 12.4. The third-order valence-electron chi connectivity index (χ3n) is 4.54. The number of carbonyl (C=O) groups excluding carboxylic acids is 1. The van der Waals surface area contributed by atoms with Crippen LogP contribution in [0.5, 0.6) is 5.75 Å². The third kappa shape index (κ3) is 5.55. The lowest BCUT2D eigenvalue weighted by molar-refractivity contribution is -0.137. The molecule has 2 aromatic carbocycles. The highest BCUT2D eigenvalue weighted by molar-refractivity contribution is 7.99. The minimum atomic E-state index is -4.50. The molecule has 2 N–H and O–H groups in total. The Hall–Kier alpha value is -3.73. The molecular weight excluding hydrogens is 457 g/mol. The number of phenolic OH excluding ortho intramolecular Hbond substituents is 1. The minimum absolute atomic E-state index is 0.0530. The molecule has 0 aliphatic heterocycles. The summed E-state index contributed by atoms with van der Waals surface area (Å²) in [5.74, 6) is 0.675. The van der Waals surface area contributed by atoms with Gasteiger partial charge in [-0.25, -0.2) is 0 Å². The van der Waals surface area contributed by atoms with Gasteiger partial charge in [0.25, 0.3) is 0 Å². The fourth-order valence-electron chi connectivity index (χ4n) is 3.02. The molecule has 2 heterocycles. The number of anilines is 1. The number of nitrogens with zero attached hydrogens (tertiary/aromatic N) is 3. The number of benzene rings is 2. The van der Waals surface area contributed by atoms with Crippen molar-refractivity contribution in [1.82, 2.24) is 14.8 Å². The number of nitrogens with one attached hydrogen (secondary N) is 1. The molecule has 0 fully saturated rings. The average molecular weight is 474 g/mol. The molecule has 170 valence electrons. The molecule has 4 rings (SSSR count). The first-order valence-electron chi connectivity index (χ1n) is 9.64. The molecule has 0 radical (unpaired) electrons. The van der Waals surface area contributed by atoms with E-state index < -0.39 is 17.6 Å². The van der Waals surface area contributed by atoms with Gasteiger partial charge in [0.15, 0.2) is 11.0 Å². The molecule has 33 heavy (non-hydrogen) atoms. The van der Waals surface area contributed by atoms with Crippen LogP contribution in [0.3, 0.4) is 0 Å². The largest absolute Gasteiger partial charge is 0.508 e. The van der Waals surface area contributed by atoms with Crippen molar-refractivity contribution in [3.63, 3.8) is 0 Å². The Balaban J connectivity index is 1.50. The second-order valence-electron chi connectivity index (χ2n) is 6.93. The Morgan fingerprint density at radius 3 is 2.58 bits per heavy atom. The number of halogens is 3. The second-order valence-corrected chi connectivity index (χ2v) is 7.88. The summed E-state index contributed by atoms with van der Waals surface area (Å²) < 4.78 is 45.8. The van der Waals surface area contributed by atoms with Gasteiger partial charge in [-0.1, -0.05) is 17.8 Å². The number of furan rings is 1. The van der Waals surface area contributed by atoms with Crippen LogP contribution in [0.25, 0.3) is 11.4 Å². The lowest BCUT2D eigenvalue weighted by Crippen LogP contribution is -2.15. The standard InChI is InChI=1S/C22H17F3N4O3S/c23-22(24,25)15-3-1-4-16(11-15)26-19(31)13-33-21-28-27-20(14-6-8-17(30)9-7-14)29(21)12-18-5-2-10-32-18/h1-11,30H,12-13H2,(H,26,31). The summed E-state index contributed by atoms with van der Waals surface area (Å²) in [7, 11) is 0. The fraction of sp³-hybridized carbons (Fsp3) is 0.136. The highest BCUT2D eigenvalue weighted by Gasteiger charge is 2.30. The number of phenols is 1. The number of rotatable bonds is 7. The van der Waals surface area contributed by atoms with Crippen LogP contribution >= 0.6 is 11.8 Å². The van der Waals surface area contributed by atoms with E-state index in [1.165, 1.54) is 30.5 Å². The van der Waals surface area contributed by atoms with Gasteiger partial charge in [-0.15, -0.1) is 10.2 Å². The monoisotopic (exact) mass is 474 g/mol. The van der Waals surface area contributed by atoms with Crippen molar-refractivity contribution in [3.05, 3.63) is 78.3 Å². The van der Waals surface area contributed by atoms with Crippen molar-refractivity contribution >= 4 is 23.4 Å². The van der Waals surface area contributed by atoms with Crippen LogP contribution in [0.2, 0.25) is 0 Å². The van der Waals surface area contributed by atoms with E-state index in [4.69, 9.17) is 4.42 Å². The van der Waals surface area contributed by atoms with E-state index in [2.05, 4.69) is 15.5 Å². The molecule has 1 amide bonds. The van der Waals surface area contributed by atoms with Gasteiger partial charge >= 0.3 is 6.18 Å². The van der Waals surface area contributed by atoms with E-state index in [0.29, 0.717) is 28.8 Å². The topological polar surface area (TPSA) is 93.2 Å². The van der Waals surface area contributed by atoms with Crippen molar-refractivity contribution in [2.45, 2.75) is 17.9 Å². The van der Waals surface area contributed by atoms with Gasteiger partial charge in [-0.3, -0.25) is 9.36 Å². The van der Waals surface area contributed by atoms with Crippen molar-refractivity contribution in [1.29, 1.82) is 0 Å². The molecule has 0 unspecified atom stereocenters. The zero-order chi connectivity index (χ0) is 23.4. The minimum Gasteiger partial charge on any atom is -0.508 e. The maximum absolute atomic E-state index is 12.9. The van der Waals surface area contributed by atoms with E-state index in [1.807, 2.05) is 0 Å². The maximum atomic E-state index is 12.9. The normalized spacial score (nSPS) is 11.5. The number of hydrogen-bond acceptors (Lipinski definition) is 6. The van der Waals surface area contributed by atoms with Gasteiger partial charge in [-0.05, 0) is 54.6 Å². The van der Waals surface area contributed by atoms with Gasteiger partial charge < -0.3 is 14.8 Å². The van der Waals surface area contributed by atoms with Crippen LogP contribution in [0.4, 0.5) is 18.9 Å². The van der Waals surface area contributed by atoms with Gasteiger partial charge in [0.2, 0.25) is 5.91 Å².